The van der Waals surface area contributed by atoms with E-state index in [9.17, 15) is 10.1 Å². The quantitative estimate of drug-likeness (QED) is 0.547. The van der Waals surface area contributed by atoms with Crippen LogP contribution in [0.3, 0.4) is 0 Å². The molecule has 1 amide bonds. The van der Waals surface area contributed by atoms with Gasteiger partial charge in [-0.15, -0.1) is 0 Å². The molecule has 2 N–H and O–H groups in total. The Morgan fingerprint density at radius 1 is 1.35 bits per heavy atom. The van der Waals surface area contributed by atoms with E-state index < -0.39 is 5.91 Å². The Hall–Kier alpha value is -3.59. The molecule has 0 aliphatic rings. The van der Waals surface area contributed by atoms with Crippen molar-refractivity contribution in [2.24, 2.45) is 0 Å². The summed E-state index contributed by atoms with van der Waals surface area (Å²) in [5.41, 5.74) is 2.42. The van der Waals surface area contributed by atoms with Gasteiger partial charge in [0.05, 0.1) is 13.2 Å². The number of nitriles is 1. The van der Waals surface area contributed by atoms with E-state index in [0.717, 1.165) is 22.3 Å². The molecular weight excluding hydrogens is 328 g/mol. The summed E-state index contributed by atoms with van der Waals surface area (Å²) >= 11 is 0. The minimum Gasteiger partial charge on any atom is -0.497 e. The molecule has 0 saturated carbocycles. The lowest BCUT2D eigenvalue weighted by atomic mass is 10.1. The van der Waals surface area contributed by atoms with Crippen molar-refractivity contribution in [1.82, 2.24) is 15.3 Å². The van der Waals surface area contributed by atoms with Crippen molar-refractivity contribution < 1.29 is 9.53 Å². The van der Waals surface area contributed by atoms with Crippen molar-refractivity contribution in [2.75, 3.05) is 7.11 Å². The highest BCUT2D eigenvalue weighted by atomic mass is 16.5. The van der Waals surface area contributed by atoms with Crippen LogP contribution in [0, 0.1) is 11.3 Å². The Kier molecular flexibility index (Phi) is 4.99. The summed E-state index contributed by atoms with van der Waals surface area (Å²) in [6.45, 7) is 1.87. The van der Waals surface area contributed by atoms with Gasteiger partial charge in [0.1, 0.15) is 23.0 Å². The zero-order chi connectivity index (χ0) is 18.5. The number of carbonyl (C=O) groups excluding carboxylic acids is 1. The number of aromatic amines is 1. The number of rotatable bonds is 5. The number of nitrogens with one attached hydrogen (secondary N) is 2. The van der Waals surface area contributed by atoms with Crippen LogP contribution in [0.2, 0.25) is 0 Å². The van der Waals surface area contributed by atoms with Crippen LogP contribution in [0.25, 0.3) is 17.1 Å². The first-order valence-corrected chi connectivity index (χ1v) is 8.11. The number of ether oxygens (including phenoxy) is 1. The Labute approximate surface area is 151 Å². The fourth-order valence-corrected chi connectivity index (χ4v) is 2.65. The van der Waals surface area contributed by atoms with Gasteiger partial charge in [-0.05, 0) is 42.8 Å². The zero-order valence-electron chi connectivity index (χ0n) is 14.5. The highest BCUT2D eigenvalue weighted by Crippen LogP contribution is 2.20. The molecule has 0 aliphatic heterocycles. The predicted octanol–water partition coefficient (Wildman–Crippen LogP) is 3.36. The van der Waals surface area contributed by atoms with Gasteiger partial charge in [0.25, 0.3) is 5.91 Å². The third-order valence-corrected chi connectivity index (χ3v) is 4.11. The second kappa shape index (κ2) is 7.53. The van der Waals surface area contributed by atoms with E-state index >= 15 is 0 Å². The SMILES string of the molecule is COc1ccc([C@@H](C)NC(=O)/C(C#N)=C/c2c[nH]c3ncccc23)cc1. The van der Waals surface area contributed by atoms with E-state index in [4.69, 9.17) is 4.74 Å². The van der Waals surface area contributed by atoms with Gasteiger partial charge < -0.3 is 15.0 Å². The average Bonchev–Trinajstić information content (AvgIpc) is 3.09. The third-order valence-electron chi connectivity index (χ3n) is 4.11. The molecule has 0 radical (unpaired) electrons. The first-order chi connectivity index (χ1) is 12.6. The molecule has 0 aliphatic carbocycles. The number of nitrogens with zero attached hydrogens (tertiary/aromatic N) is 2. The van der Waals surface area contributed by atoms with E-state index in [-0.39, 0.29) is 11.6 Å². The van der Waals surface area contributed by atoms with Crippen LogP contribution in [-0.4, -0.2) is 23.0 Å². The largest absolute Gasteiger partial charge is 0.497 e. The van der Waals surface area contributed by atoms with Crippen molar-refractivity contribution in [1.29, 1.82) is 5.26 Å². The van der Waals surface area contributed by atoms with E-state index in [1.54, 1.807) is 25.6 Å². The molecule has 2 heterocycles. The molecule has 0 unspecified atom stereocenters. The van der Waals surface area contributed by atoms with Crippen molar-refractivity contribution in [2.45, 2.75) is 13.0 Å². The zero-order valence-corrected chi connectivity index (χ0v) is 14.5. The second-order valence-corrected chi connectivity index (χ2v) is 5.78. The molecule has 130 valence electrons. The molecule has 0 fully saturated rings. The highest BCUT2D eigenvalue weighted by molar-refractivity contribution is 6.03. The van der Waals surface area contributed by atoms with E-state index in [1.165, 1.54) is 0 Å². The van der Waals surface area contributed by atoms with Crippen LogP contribution < -0.4 is 10.1 Å². The summed E-state index contributed by atoms with van der Waals surface area (Å²) in [7, 11) is 1.60. The summed E-state index contributed by atoms with van der Waals surface area (Å²) in [6, 6.07) is 12.9. The number of amides is 1. The maximum atomic E-state index is 12.5. The minimum absolute atomic E-state index is 0.0371. The summed E-state index contributed by atoms with van der Waals surface area (Å²) in [5, 5.41) is 13.1. The predicted molar refractivity (Wildman–Crippen MR) is 99.2 cm³/mol. The molecule has 2 aromatic heterocycles. The standard InChI is InChI=1S/C20H18N4O2/c1-13(14-5-7-17(26-2)8-6-14)24-20(25)15(11-21)10-16-12-23-19-18(16)4-3-9-22-19/h3-10,12-13H,1-2H3,(H,22,23)(H,24,25)/b15-10+/t13-/m1/s1. The number of H-pyrrole nitrogens is 1. The van der Waals surface area contributed by atoms with Gasteiger partial charge in [-0.25, -0.2) is 4.98 Å². The number of methoxy groups -OCH3 is 1. The smallest absolute Gasteiger partial charge is 0.262 e. The van der Waals surface area contributed by atoms with Gasteiger partial charge in [-0.3, -0.25) is 4.79 Å². The first kappa shape index (κ1) is 17.2. The molecular formula is C20H18N4O2. The Morgan fingerprint density at radius 2 is 2.12 bits per heavy atom. The van der Waals surface area contributed by atoms with Crippen LogP contribution in [0.4, 0.5) is 0 Å². The lowest BCUT2D eigenvalue weighted by Crippen LogP contribution is -2.27. The maximum Gasteiger partial charge on any atom is 0.262 e. The number of hydrogen-bond acceptors (Lipinski definition) is 4. The average molecular weight is 346 g/mol. The van der Waals surface area contributed by atoms with Gasteiger partial charge in [0.15, 0.2) is 0 Å². The van der Waals surface area contributed by atoms with Crippen LogP contribution >= 0.6 is 0 Å². The first-order valence-electron chi connectivity index (χ1n) is 8.11. The number of pyridine rings is 1. The molecule has 26 heavy (non-hydrogen) atoms. The Bertz CT molecular complexity index is 997. The van der Waals surface area contributed by atoms with E-state index in [1.807, 2.05) is 49.4 Å². The number of hydrogen-bond donors (Lipinski definition) is 2. The van der Waals surface area contributed by atoms with E-state index in [0.29, 0.717) is 5.65 Å². The number of benzene rings is 1. The lowest BCUT2D eigenvalue weighted by Gasteiger charge is -2.14. The van der Waals surface area contributed by atoms with Crippen LogP contribution in [0.1, 0.15) is 24.1 Å². The van der Waals surface area contributed by atoms with Gasteiger partial charge in [0.2, 0.25) is 0 Å². The van der Waals surface area contributed by atoms with Crippen molar-refractivity contribution in [3.63, 3.8) is 0 Å². The molecule has 1 aromatic carbocycles. The lowest BCUT2D eigenvalue weighted by molar-refractivity contribution is -0.117. The maximum absolute atomic E-state index is 12.5. The van der Waals surface area contributed by atoms with Gasteiger partial charge in [0, 0.05) is 23.3 Å². The van der Waals surface area contributed by atoms with Crippen LogP contribution in [0.15, 0.2) is 54.4 Å². The number of fused-ring (bicyclic) bond motifs is 1. The highest BCUT2D eigenvalue weighted by Gasteiger charge is 2.15. The summed E-state index contributed by atoms with van der Waals surface area (Å²) < 4.78 is 5.13. The summed E-state index contributed by atoms with van der Waals surface area (Å²) in [5.74, 6) is 0.326. The molecule has 6 heteroatoms. The summed E-state index contributed by atoms with van der Waals surface area (Å²) in [4.78, 5) is 19.7. The molecule has 1 atom stereocenters. The van der Waals surface area contributed by atoms with Gasteiger partial charge in [-0.1, -0.05) is 12.1 Å². The normalized spacial score (nSPS) is 12.4. The van der Waals surface area contributed by atoms with Crippen molar-refractivity contribution >= 4 is 23.0 Å². The second-order valence-electron chi connectivity index (χ2n) is 5.78. The molecule has 3 aromatic rings. The molecule has 0 bridgehead atoms. The van der Waals surface area contributed by atoms with E-state index in [2.05, 4.69) is 15.3 Å². The fraction of sp³-hybridized carbons (Fsp3) is 0.150. The Morgan fingerprint density at radius 3 is 2.81 bits per heavy atom. The van der Waals surface area contributed by atoms with Gasteiger partial charge >= 0.3 is 0 Å². The Balaban J connectivity index is 1.79. The third kappa shape index (κ3) is 3.57. The molecule has 3 rings (SSSR count). The van der Waals surface area contributed by atoms with Crippen LogP contribution in [-0.2, 0) is 4.79 Å². The summed E-state index contributed by atoms with van der Waals surface area (Å²) in [6.07, 6.45) is 4.98. The fourth-order valence-electron chi connectivity index (χ4n) is 2.65. The number of aromatic nitrogens is 2. The van der Waals surface area contributed by atoms with Crippen LogP contribution in [0.5, 0.6) is 5.75 Å². The minimum atomic E-state index is -0.422. The molecule has 6 nitrogen and oxygen atoms in total. The topological polar surface area (TPSA) is 90.8 Å². The monoisotopic (exact) mass is 346 g/mol. The molecule has 0 spiro atoms. The van der Waals surface area contributed by atoms with Crippen molar-refractivity contribution in [3.05, 3.63) is 65.5 Å². The molecule has 0 saturated heterocycles. The van der Waals surface area contributed by atoms with Crippen molar-refractivity contribution in [3.8, 4) is 11.8 Å². The van der Waals surface area contributed by atoms with Gasteiger partial charge in [-0.2, -0.15) is 5.26 Å². The number of carbonyl (C=O) groups is 1.